The van der Waals surface area contributed by atoms with Gasteiger partial charge in [0.25, 0.3) is 0 Å². The summed E-state index contributed by atoms with van der Waals surface area (Å²) in [5, 5.41) is 6.39. The van der Waals surface area contributed by atoms with E-state index in [-0.39, 0.29) is 12.1 Å². The van der Waals surface area contributed by atoms with Gasteiger partial charge in [-0.2, -0.15) is 0 Å². The van der Waals surface area contributed by atoms with Crippen molar-refractivity contribution in [3.63, 3.8) is 0 Å². The van der Waals surface area contributed by atoms with Gasteiger partial charge in [0.2, 0.25) is 0 Å². The quantitative estimate of drug-likeness (QED) is 0.267. The Morgan fingerprint density at radius 2 is 2.09 bits per heavy atom. The molecule has 2 N–H and O–H groups in total. The van der Waals surface area contributed by atoms with E-state index in [1.54, 1.807) is 7.05 Å². The van der Waals surface area contributed by atoms with Crippen LogP contribution in [0, 0.1) is 0 Å². The summed E-state index contributed by atoms with van der Waals surface area (Å²) in [6.45, 7) is 5.98. The smallest absolute Gasteiger partial charge is 0.305 e. The molecule has 1 aliphatic rings. The molecule has 0 aromatic heterocycles. The molecule has 1 rings (SSSR count). The van der Waals surface area contributed by atoms with Gasteiger partial charge < -0.3 is 24.8 Å². The summed E-state index contributed by atoms with van der Waals surface area (Å²) < 4.78 is 15.8. The van der Waals surface area contributed by atoms with Crippen molar-refractivity contribution >= 4 is 11.9 Å². The molecular weight excluding hydrogens is 286 g/mol. The van der Waals surface area contributed by atoms with Crippen LogP contribution in [0.5, 0.6) is 0 Å². The van der Waals surface area contributed by atoms with Gasteiger partial charge in [0.05, 0.1) is 19.3 Å². The standard InChI is InChI=1S/C15H29N3O4/c1-3-21-14(19)6-4-8-17-15(16-2)18-9-5-10-22-13-7-11-20-12-13/h13H,3-12H2,1-2H3,(H2,16,17,18). The first-order chi connectivity index (χ1) is 10.8. The topological polar surface area (TPSA) is 81.2 Å². The summed E-state index contributed by atoms with van der Waals surface area (Å²) >= 11 is 0. The van der Waals surface area contributed by atoms with Crippen molar-refractivity contribution < 1.29 is 19.0 Å². The molecule has 1 atom stereocenters. The van der Waals surface area contributed by atoms with Gasteiger partial charge in [-0.3, -0.25) is 9.79 Å². The van der Waals surface area contributed by atoms with Crippen molar-refractivity contribution in [2.24, 2.45) is 4.99 Å². The molecule has 128 valence electrons. The maximum atomic E-state index is 11.2. The van der Waals surface area contributed by atoms with Gasteiger partial charge in [-0.15, -0.1) is 0 Å². The third-order valence-electron chi connectivity index (χ3n) is 3.23. The molecule has 0 saturated carbocycles. The number of carbonyl (C=O) groups excluding carboxylic acids is 1. The van der Waals surface area contributed by atoms with Gasteiger partial charge in [0, 0.05) is 39.8 Å². The second-order valence-electron chi connectivity index (χ2n) is 5.04. The summed E-state index contributed by atoms with van der Waals surface area (Å²) in [4.78, 5) is 15.3. The zero-order chi connectivity index (χ0) is 16.0. The Balaban J connectivity index is 1.96. The highest BCUT2D eigenvalue weighted by Crippen LogP contribution is 2.07. The van der Waals surface area contributed by atoms with E-state index in [9.17, 15) is 4.79 Å². The lowest BCUT2D eigenvalue weighted by atomic mass is 10.3. The van der Waals surface area contributed by atoms with Gasteiger partial charge in [0.1, 0.15) is 0 Å². The largest absolute Gasteiger partial charge is 0.466 e. The van der Waals surface area contributed by atoms with E-state index >= 15 is 0 Å². The number of guanidine groups is 1. The Morgan fingerprint density at radius 3 is 2.73 bits per heavy atom. The lowest BCUT2D eigenvalue weighted by Gasteiger charge is -2.13. The first kappa shape index (κ1) is 18.7. The van der Waals surface area contributed by atoms with Crippen LogP contribution in [0.2, 0.25) is 0 Å². The van der Waals surface area contributed by atoms with Crippen molar-refractivity contribution in [2.45, 2.75) is 38.7 Å². The molecule has 7 heteroatoms. The molecule has 0 radical (unpaired) electrons. The molecule has 1 aliphatic heterocycles. The third-order valence-corrected chi connectivity index (χ3v) is 3.23. The van der Waals surface area contributed by atoms with Crippen LogP contribution in [0.1, 0.15) is 32.6 Å². The van der Waals surface area contributed by atoms with Crippen LogP contribution >= 0.6 is 0 Å². The van der Waals surface area contributed by atoms with Gasteiger partial charge in [-0.25, -0.2) is 0 Å². The third kappa shape index (κ3) is 8.84. The molecule has 0 bridgehead atoms. The highest BCUT2D eigenvalue weighted by Gasteiger charge is 2.15. The van der Waals surface area contributed by atoms with E-state index in [0.717, 1.165) is 51.6 Å². The minimum absolute atomic E-state index is 0.153. The van der Waals surface area contributed by atoms with Crippen LogP contribution in [0.3, 0.4) is 0 Å². The second-order valence-corrected chi connectivity index (χ2v) is 5.04. The molecule has 1 saturated heterocycles. The molecule has 0 aliphatic carbocycles. The van der Waals surface area contributed by atoms with Gasteiger partial charge >= 0.3 is 5.97 Å². The summed E-state index contributed by atoms with van der Waals surface area (Å²) in [5.74, 6) is 0.591. The van der Waals surface area contributed by atoms with Crippen molar-refractivity contribution in [2.75, 3.05) is 46.6 Å². The van der Waals surface area contributed by atoms with Crippen molar-refractivity contribution in [1.29, 1.82) is 0 Å². The average molecular weight is 315 g/mol. The number of aliphatic imine (C=N–C) groups is 1. The molecule has 0 amide bonds. The Kier molecular flexibility index (Phi) is 10.4. The number of hydrogen-bond donors (Lipinski definition) is 2. The molecule has 1 unspecified atom stereocenters. The zero-order valence-corrected chi connectivity index (χ0v) is 13.7. The fourth-order valence-corrected chi connectivity index (χ4v) is 2.07. The molecule has 22 heavy (non-hydrogen) atoms. The maximum Gasteiger partial charge on any atom is 0.305 e. The Labute approximate surface area is 132 Å². The average Bonchev–Trinajstić information content (AvgIpc) is 3.02. The van der Waals surface area contributed by atoms with Gasteiger partial charge in [0.15, 0.2) is 5.96 Å². The van der Waals surface area contributed by atoms with Crippen LogP contribution < -0.4 is 10.6 Å². The fraction of sp³-hybridized carbons (Fsp3) is 0.867. The number of nitrogens with zero attached hydrogens (tertiary/aromatic N) is 1. The van der Waals surface area contributed by atoms with E-state index in [1.165, 1.54) is 0 Å². The fourth-order valence-electron chi connectivity index (χ4n) is 2.07. The molecule has 1 fully saturated rings. The highest BCUT2D eigenvalue weighted by atomic mass is 16.5. The van der Waals surface area contributed by atoms with E-state index in [4.69, 9.17) is 14.2 Å². The minimum atomic E-state index is -0.153. The Bertz CT molecular complexity index is 331. The number of hydrogen-bond acceptors (Lipinski definition) is 5. The van der Waals surface area contributed by atoms with E-state index in [1.807, 2.05) is 6.92 Å². The highest BCUT2D eigenvalue weighted by molar-refractivity contribution is 5.79. The summed E-state index contributed by atoms with van der Waals surface area (Å²) in [7, 11) is 1.73. The van der Waals surface area contributed by atoms with E-state index in [0.29, 0.717) is 19.6 Å². The molecular formula is C15H29N3O4. The first-order valence-electron chi connectivity index (χ1n) is 8.05. The van der Waals surface area contributed by atoms with Crippen molar-refractivity contribution in [3.05, 3.63) is 0 Å². The van der Waals surface area contributed by atoms with Crippen LogP contribution in [0.4, 0.5) is 0 Å². The lowest BCUT2D eigenvalue weighted by molar-refractivity contribution is -0.143. The normalized spacial score (nSPS) is 18.3. The lowest BCUT2D eigenvalue weighted by Crippen LogP contribution is -2.38. The van der Waals surface area contributed by atoms with Gasteiger partial charge in [-0.05, 0) is 26.2 Å². The minimum Gasteiger partial charge on any atom is -0.466 e. The maximum absolute atomic E-state index is 11.2. The monoisotopic (exact) mass is 315 g/mol. The summed E-state index contributed by atoms with van der Waals surface area (Å²) in [6, 6.07) is 0. The Morgan fingerprint density at radius 1 is 1.32 bits per heavy atom. The molecule has 7 nitrogen and oxygen atoms in total. The summed E-state index contributed by atoms with van der Waals surface area (Å²) in [6.07, 6.45) is 3.33. The van der Waals surface area contributed by atoms with Crippen molar-refractivity contribution in [3.8, 4) is 0 Å². The first-order valence-corrected chi connectivity index (χ1v) is 8.05. The second kappa shape index (κ2) is 12.2. The van der Waals surface area contributed by atoms with Crippen LogP contribution in [0.25, 0.3) is 0 Å². The number of esters is 1. The number of ether oxygens (including phenoxy) is 3. The predicted octanol–water partition coefficient (Wildman–Crippen LogP) is 0.690. The molecule has 0 aromatic carbocycles. The van der Waals surface area contributed by atoms with Crippen LogP contribution in [0.15, 0.2) is 4.99 Å². The molecule has 0 spiro atoms. The molecule has 0 aromatic rings. The SMILES string of the molecule is CCOC(=O)CCCNC(=NC)NCCCOC1CCOC1. The van der Waals surface area contributed by atoms with Crippen molar-refractivity contribution in [1.82, 2.24) is 10.6 Å². The number of rotatable bonds is 10. The predicted molar refractivity (Wildman–Crippen MR) is 85.0 cm³/mol. The number of carbonyl (C=O) groups is 1. The van der Waals surface area contributed by atoms with Crippen LogP contribution in [-0.2, 0) is 19.0 Å². The zero-order valence-electron chi connectivity index (χ0n) is 13.7. The summed E-state index contributed by atoms with van der Waals surface area (Å²) in [5.41, 5.74) is 0. The van der Waals surface area contributed by atoms with Crippen LogP contribution in [-0.4, -0.2) is 64.6 Å². The Hall–Kier alpha value is -1.34. The van der Waals surface area contributed by atoms with Gasteiger partial charge in [-0.1, -0.05) is 0 Å². The molecule has 1 heterocycles. The van der Waals surface area contributed by atoms with E-state index in [2.05, 4.69) is 15.6 Å². The number of nitrogens with one attached hydrogen (secondary N) is 2. The van der Waals surface area contributed by atoms with E-state index < -0.39 is 0 Å².